The minimum atomic E-state index is -0.362. The van der Waals surface area contributed by atoms with Gasteiger partial charge in [-0.05, 0) is 30.3 Å². The third-order valence-electron chi connectivity index (χ3n) is 3.86. The molecule has 0 spiro atoms. The zero-order valence-electron chi connectivity index (χ0n) is 13.2. The second kappa shape index (κ2) is 6.35. The van der Waals surface area contributed by atoms with Gasteiger partial charge < -0.3 is 24.5 Å². The number of H-pyrrole nitrogens is 1. The van der Waals surface area contributed by atoms with Gasteiger partial charge in [-0.2, -0.15) is 0 Å². The van der Waals surface area contributed by atoms with Gasteiger partial charge in [0.15, 0.2) is 11.5 Å². The van der Waals surface area contributed by atoms with Crippen molar-refractivity contribution in [3.8, 4) is 17.2 Å². The lowest BCUT2D eigenvalue weighted by Crippen LogP contribution is -2.28. The van der Waals surface area contributed by atoms with Gasteiger partial charge in [-0.3, -0.25) is 4.79 Å². The number of carbonyl (C=O) groups excluding carboxylic acids is 1. The zero-order chi connectivity index (χ0) is 17.2. The molecule has 4 rings (SSSR count). The molecule has 3 aromatic rings. The second-order valence-corrected chi connectivity index (χ2v) is 5.50. The first-order valence-electron chi connectivity index (χ1n) is 7.78. The van der Waals surface area contributed by atoms with E-state index in [-0.39, 0.29) is 18.5 Å². The van der Waals surface area contributed by atoms with Crippen LogP contribution in [0.15, 0.2) is 42.5 Å². The van der Waals surface area contributed by atoms with Gasteiger partial charge in [0, 0.05) is 17.0 Å². The van der Waals surface area contributed by atoms with Crippen LogP contribution in [0.1, 0.15) is 10.5 Å². The summed E-state index contributed by atoms with van der Waals surface area (Å²) in [6.45, 7) is 0.811. The molecule has 2 heterocycles. The fourth-order valence-electron chi connectivity index (χ4n) is 2.64. The quantitative estimate of drug-likeness (QED) is 0.700. The lowest BCUT2D eigenvalue weighted by molar-refractivity contribution is 0.0943. The van der Waals surface area contributed by atoms with Crippen LogP contribution in [0.2, 0.25) is 0 Å². The molecule has 0 atom stereocenters. The highest BCUT2D eigenvalue weighted by molar-refractivity contribution is 5.98. The Bertz CT molecular complexity index is 938. The summed E-state index contributed by atoms with van der Waals surface area (Å²) in [4.78, 5) is 15.0. The number of fused-ring (bicyclic) bond motifs is 2. The molecule has 6 nitrogen and oxygen atoms in total. The third kappa shape index (κ3) is 3.08. The van der Waals surface area contributed by atoms with Crippen molar-refractivity contribution in [1.82, 2.24) is 10.3 Å². The summed E-state index contributed by atoms with van der Waals surface area (Å²) in [5.74, 6) is 1.28. The maximum absolute atomic E-state index is 13.7. The number of benzene rings is 2. The van der Waals surface area contributed by atoms with Crippen LogP contribution in [0.25, 0.3) is 10.9 Å². The summed E-state index contributed by atoms with van der Waals surface area (Å²) < 4.78 is 29.7. The van der Waals surface area contributed by atoms with Crippen molar-refractivity contribution in [3.05, 3.63) is 54.0 Å². The molecule has 0 radical (unpaired) electrons. The first-order valence-corrected chi connectivity index (χ1v) is 7.78. The maximum Gasteiger partial charge on any atom is 0.267 e. The molecule has 1 aromatic heterocycles. The smallest absolute Gasteiger partial charge is 0.267 e. The van der Waals surface area contributed by atoms with E-state index in [1.54, 1.807) is 30.3 Å². The summed E-state index contributed by atoms with van der Waals surface area (Å²) in [6, 6.07) is 11.5. The molecular weight excluding hydrogens is 327 g/mol. The Balaban J connectivity index is 1.32. The number of aromatic amines is 1. The number of nitrogens with one attached hydrogen (secondary N) is 2. The fraction of sp³-hybridized carbons (Fsp3) is 0.167. The Morgan fingerprint density at radius 2 is 2.08 bits per heavy atom. The lowest BCUT2D eigenvalue weighted by atomic mass is 10.2. The van der Waals surface area contributed by atoms with Crippen LogP contribution in [-0.2, 0) is 0 Å². The predicted octanol–water partition coefficient (Wildman–Crippen LogP) is 2.84. The van der Waals surface area contributed by atoms with Gasteiger partial charge in [-0.25, -0.2) is 4.39 Å². The van der Waals surface area contributed by atoms with E-state index in [1.165, 1.54) is 12.1 Å². The molecule has 25 heavy (non-hydrogen) atoms. The van der Waals surface area contributed by atoms with Gasteiger partial charge in [0.05, 0.1) is 6.54 Å². The van der Waals surface area contributed by atoms with Crippen LogP contribution in [-0.4, -0.2) is 30.8 Å². The molecule has 128 valence electrons. The number of hydrogen-bond donors (Lipinski definition) is 2. The fourth-order valence-corrected chi connectivity index (χ4v) is 2.64. The molecule has 7 heteroatoms. The van der Waals surface area contributed by atoms with E-state index >= 15 is 0 Å². The monoisotopic (exact) mass is 342 g/mol. The summed E-state index contributed by atoms with van der Waals surface area (Å²) in [5, 5.41) is 3.12. The van der Waals surface area contributed by atoms with E-state index < -0.39 is 0 Å². The Labute approximate surface area is 142 Å². The molecule has 1 aliphatic rings. The Morgan fingerprint density at radius 1 is 1.20 bits per heavy atom. The number of ether oxygens (including phenoxy) is 3. The molecule has 1 aliphatic heterocycles. The summed E-state index contributed by atoms with van der Waals surface area (Å²) in [5.41, 5.74) is 0.893. The Morgan fingerprint density at radius 3 is 2.96 bits per heavy atom. The van der Waals surface area contributed by atoms with Crippen LogP contribution >= 0.6 is 0 Å². The Hall–Kier alpha value is -3.22. The normalized spacial score (nSPS) is 12.4. The minimum absolute atomic E-state index is 0.208. The van der Waals surface area contributed by atoms with Crippen LogP contribution in [0.4, 0.5) is 4.39 Å². The third-order valence-corrected chi connectivity index (χ3v) is 3.86. The number of amides is 1. The van der Waals surface area contributed by atoms with Crippen molar-refractivity contribution in [3.63, 3.8) is 0 Å². The molecule has 0 saturated carbocycles. The average molecular weight is 342 g/mol. The SMILES string of the molecule is O=C(NCCOc1ccc2c(c1)OCO2)c1cc2c(F)cccc2[nH]1. The minimum Gasteiger partial charge on any atom is -0.492 e. The van der Waals surface area contributed by atoms with Crippen LogP contribution in [0, 0.1) is 5.82 Å². The number of rotatable bonds is 5. The van der Waals surface area contributed by atoms with Crippen molar-refractivity contribution >= 4 is 16.8 Å². The van der Waals surface area contributed by atoms with E-state index in [2.05, 4.69) is 10.3 Å². The topological polar surface area (TPSA) is 72.6 Å². The highest BCUT2D eigenvalue weighted by atomic mass is 19.1. The molecule has 0 unspecified atom stereocenters. The van der Waals surface area contributed by atoms with E-state index in [9.17, 15) is 9.18 Å². The average Bonchev–Trinajstić information content (AvgIpc) is 3.25. The molecule has 1 amide bonds. The van der Waals surface area contributed by atoms with Crippen molar-refractivity contribution in [2.45, 2.75) is 0 Å². The van der Waals surface area contributed by atoms with Gasteiger partial charge in [-0.15, -0.1) is 0 Å². The van der Waals surface area contributed by atoms with E-state index in [0.29, 0.717) is 47.0 Å². The van der Waals surface area contributed by atoms with Gasteiger partial charge in [0.25, 0.3) is 5.91 Å². The first-order chi connectivity index (χ1) is 12.2. The Kier molecular flexibility index (Phi) is 3.89. The highest BCUT2D eigenvalue weighted by Crippen LogP contribution is 2.34. The van der Waals surface area contributed by atoms with Gasteiger partial charge >= 0.3 is 0 Å². The number of hydrogen-bond acceptors (Lipinski definition) is 4. The van der Waals surface area contributed by atoms with Crippen molar-refractivity contribution < 1.29 is 23.4 Å². The molecule has 0 fully saturated rings. The molecule has 0 bridgehead atoms. The molecular formula is C18H15FN2O4. The molecule has 0 saturated heterocycles. The van der Waals surface area contributed by atoms with E-state index in [1.807, 2.05) is 0 Å². The van der Waals surface area contributed by atoms with E-state index in [4.69, 9.17) is 14.2 Å². The number of aromatic nitrogens is 1. The molecule has 2 aromatic carbocycles. The van der Waals surface area contributed by atoms with Crippen molar-refractivity contribution in [2.24, 2.45) is 0 Å². The second-order valence-electron chi connectivity index (χ2n) is 5.50. The van der Waals surface area contributed by atoms with Crippen molar-refractivity contribution in [2.75, 3.05) is 19.9 Å². The molecule has 2 N–H and O–H groups in total. The highest BCUT2D eigenvalue weighted by Gasteiger charge is 2.14. The van der Waals surface area contributed by atoms with E-state index in [0.717, 1.165) is 0 Å². The lowest BCUT2D eigenvalue weighted by Gasteiger charge is -2.07. The van der Waals surface area contributed by atoms with Crippen LogP contribution in [0.5, 0.6) is 17.2 Å². The number of halogens is 1. The standard InChI is InChI=1S/C18H15FN2O4/c19-13-2-1-3-14-12(13)9-15(21-14)18(22)20-6-7-23-11-4-5-16-17(8-11)25-10-24-16/h1-5,8-9,21H,6-7,10H2,(H,20,22). The largest absolute Gasteiger partial charge is 0.492 e. The summed E-state index contributed by atoms with van der Waals surface area (Å²) >= 11 is 0. The zero-order valence-corrected chi connectivity index (χ0v) is 13.2. The summed E-state index contributed by atoms with van der Waals surface area (Å²) in [6.07, 6.45) is 0. The number of carbonyl (C=O) groups is 1. The first kappa shape index (κ1) is 15.3. The van der Waals surface area contributed by atoms with Gasteiger partial charge in [-0.1, -0.05) is 6.07 Å². The van der Waals surface area contributed by atoms with Crippen LogP contribution < -0.4 is 19.5 Å². The van der Waals surface area contributed by atoms with Crippen molar-refractivity contribution in [1.29, 1.82) is 0 Å². The van der Waals surface area contributed by atoms with Crippen LogP contribution in [0.3, 0.4) is 0 Å². The molecule has 0 aliphatic carbocycles. The van der Waals surface area contributed by atoms with Gasteiger partial charge in [0.2, 0.25) is 6.79 Å². The van der Waals surface area contributed by atoms with Gasteiger partial charge in [0.1, 0.15) is 23.9 Å². The maximum atomic E-state index is 13.7. The predicted molar refractivity (Wildman–Crippen MR) is 88.6 cm³/mol. The summed E-state index contributed by atoms with van der Waals surface area (Å²) in [7, 11) is 0.